The van der Waals surface area contributed by atoms with Crippen molar-refractivity contribution in [2.45, 2.75) is 19.4 Å². The zero-order valence-corrected chi connectivity index (χ0v) is 16.0. The highest BCUT2D eigenvalue weighted by Gasteiger charge is 2.36. The van der Waals surface area contributed by atoms with Crippen LogP contribution in [0.2, 0.25) is 0 Å². The summed E-state index contributed by atoms with van der Waals surface area (Å²) in [7, 11) is 3.12. The van der Waals surface area contributed by atoms with Crippen LogP contribution in [0.25, 0.3) is 5.57 Å². The van der Waals surface area contributed by atoms with E-state index in [9.17, 15) is 14.9 Å². The molecule has 0 spiro atoms. The molecule has 0 aliphatic carbocycles. The lowest BCUT2D eigenvalue weighted by Gasteiger charge is -2.34. The van der Waals surface area contributed by atoms with Crippen LogP contribution >= 0.6 is 0 Å². The SMILES string of the molecule is COc1cccc(C#N)c1C(C)=C1NC(=O)C(Cc2ccccc2)N(C)C1=O. The van der Waals surface area contributed by atoms with Crippen molar-refractivity contribution in [2.75, 3.05) is 14.2 Å². The minimum atomic E-state index is -0.598. The van der Waals surface area contributed by atoms with E-state index in [4.69, 9.17) is 4.74 Å². The van der Waals surface area contributed by atoms with Gasteiger partial charge in [0.25, 0.3) is 5.91 Å². The van der Waals surface area contributed by atoms with Gasteiger partial charge in [-0.3, -0.25) is 9.59 Å². The number of hydrogen-bond acceptors (Lipinski definition) is 4. The number of nitriles is 1. The molecule has 0 aromatic heterocycles. The molecule has 1 unspecified atom stereocenters. The molecule has 1 saturated heterocycles. The fraction of sp³-hybridized carbons (Fsp3) is 0.227. The van der Waals surface area contributed by atoms with Crippen molar-refractivity contribution in [1.29, 1.82) is 5.26 Å². The molecule has 28 heavy (non-hydrogen) atoms. The van der Waals surface area contributed by atoms with E-state index >= 15 is 0 Å². The Morgan fingerprint density at radius 2 is 1.89 bits per heavy atom. The van der Waals surface area contributed by atoms with Crippen LogP contribution in [0, 0.1) is 11.3 Å². The minimum Gasteiger partial charge on any atom is -0.496 e. The lowest BCUT2D eigenvalue weighted by Crippen LogP contribution is -2.56. The maximum absolute atomic E-state index is 13.0. The zero-order valence-electron chi connectivity index (χ0n) is 16.0. The molecule has 2 aromatic carbocycles. The Kier molecular flexibility index (Phi) is 5.46. The first-order chi connectivity index (χ1) is 13.5. The summed E-state index contributed by atoms with van der Waals surface area (Å²) < 4.78 is 5.37. The third-order valence-corrected chi connectivity index (χ3v) is 4.94. The van der Waals surface area contributed by atoms with Crippen LogP contribution in [0.4, 0.5) is 0 Å². The maximum Gasteiger partial charge on any atom is 0.271 e. The summed E-state index contributed by atoms with van der Waals surface area (Å²) in [4.78, 5) is 27.2. The first-order valence-corrected chi connectivity index (χ1v) is 8.88. The van der Waals surface area contributed by atoms with Gasteiger partial charge in [0, 0.05) is 19.0 Å². The molecule has 2 aromatic rings. The standard InChI is InChI=1S/C22H21N3O3/c1-14(19-16(13-23)10-7-11-18(19)28-3)20-22(27)25(2)17(21(26)24-20)12-15-8-5-4-6-9-15/h4-11,17H,12H2,1-3H3,(H,24,26). The summed E-state index contributed by atoms with van der Waals surface area (Å²) >= 11 is 0. The van der Waals surface area contributed by atoms with Crippen LogP contribution in [-0.2, 0) is 16.0 Å². The molecule has 0 saturated carbocycles. The number of nitrogens with one attached hydrogen (secondary N) is 1. The smallest absolute Gasteiger partial charge is 0.271 e. The summed E-state index contributed by atoms with van der Waals surface area (Å²) in [6, 6.07) is 16.2. The second kappa shape index (κ2) is 7.97. The van der Waals surface area contributed by atoms with Crippen molar-refractivity contribution in [3.63, 3.8) is 0 Å². The number of methoxy groups -OCH3 is 1. The number of amides is 2. The molecule has 6 nitrogen and oxygen atoms in total. The Labute approximate surface area is 164 Å². The predicted octanol–water partition coefficient (Wildman–Crippen LogP) is 2.50. The van der Waals surface area contributed by atoms with E-state index in [1.165, 1.54) is 12.0 Å². The molecular formula is C22H21N3O3. The topological polar surface area (TPSA) is 82.4 Å². The fourth-order valence-corrected chi connectivity index (χ4v) is 3.38. The summed E-state index contributed by atoms with van der Waals surface area (Å²) in [5, 5.41) is 12.2. The van der Waals surface area contributed by atoms with Crippen LogP contribution < -0.4 is 10.1 Å². The Morgan fingerprint density at radius 3 is 2.54 bits per heavy atom. The number of benzene rings is 2. The third kappa shape index (κ3) is 3.47. The highest BCUT2D eigenvalue weighted by Crippen LogP contribution is 2.32. The first kappa shape index (κ1) is 19.2. The number of nitrogens with zero attached hydrogens (tertiary/aromatic N) is 2. The van der Waals surface area contributed by atoms with Gasteiger partial charge in [-0.25, -0.2) is 0 Å². The largest absolute Gasteiger partial charge is 0.496 e. The number of ether oxygens (including phenoxy) is 1. The van der Waals surface area contributed by atoms with Gasteiger partial charge < -0.3 is 15.0 Å². The zero-order chi connectivity index (χ0) is 20.3. The van der Waals surface area contributed by atoms with E-state index in [-0.39, 0.29) is 17.5 Å². The maximum atomic E-state index is 13.0. The molecule has 1 heterocycles. The second-order valence-corrected chi connectivity index (χ2v) is 6.61. The number of allylic oxidation sites excluding steroid dienone is 1. The van der Waals surface area contributed by atoms with E-state index < -0.39 is 6.04 Å². The number of hydrogen-bond donors (Lipinski definition) is 1. The summed E-state index contributed by atoms with van der Waals surface area (Å²) in [6.07, 6.45) is 0.430. The van der Waals surface area contributed by atoms with Crippen molar-refractivity contribution < 1.29 is 14.3 Å². The number of carbonyl (C=O) groups is 2. The van der Waals surface area contributed by atoms with Gasteiger partial charge in [0.1, 0.15) is 17.5 Å². The molecule has 1 atom stereocenters. The van der Waals surface area contributed by atoms with E-state index in [1.807, 2.05) is 30.3 Å². The highest BCUT2D eigenvalue weighted by molar-refractivity contribution is 6.09. The van der Waals surface area contributed by atoms with Crippen LogP contribution in [0.1, 0.15) is 23.6 Å². The lowest BCUT2D eigenvalue weighted by atomic mass is 9.95. The second-order valence-electron chi connectivity index (χ2n) is 6.61. The molecule has 142 valence electrons. The Hall–Kier alpha value is -3.59. The van der Waals surface area contributed by atoms with Crippen LogP contribution in [0.3, 0.4) is 0 Å². The molecule has 1 N–H and O–H groups in total. The monoisotopic (exact) mass is 375 g/mol. The number of rotatable bonds is 4. The van der Waals surface area contributed by atoms with E-state index in [0.717, 1.165) is 5.56 Å². The molecule has 6 heteroatoms. The van der Waals surface area contributed by atoms with E-state index in [2.05, 4.69) is 11.4 Å². The number of carbonyl (C=O) groups excluding carboxylic acids is 2. The summed E-state index contributed by atoms with van der Waals surface area (Å²) in [5.74, 6) is -0.0818. The Bertz CT molecular complexity index is 990. The first-order valence-electron chi connectivity index (χ1n) is 8.88. The van der Waals surface area contributed by atoms with Gasteiger partial charge in [0.2, 0.25) is 5.91 Å². The molecule has 1 aliphatic rings. The van der Waals surface area contributed by atoms with Gasteiger partial charge in [-0.15, -0.1) is 0 Å². The van der Waals surface area contributed by atoms with Crippen molar-refractivity contribution in [3.05, 3.63) is 70.9 Å². The third-order valence-electron chi connectivity index (χ3n) is 4.94. The predicted molar refractivity (Wildman–Crippen MR) is 105 cm³/mol. The Morgan fingerprint density at radius 1 is 1.18 bits per heavy atom. The molecule has 2 amide bonds. The van der Waals surface area contributed by atoms with Crippen molar-refractivity contribution in [2.24, 2.45) is 0 Å². The quantitative estimate of drug-likeness (QED) is 0.833. The average molecular weight is 375 g/mol. The van der Waals surface area contributed by atoms with Crippen LogP contribution in [0.5, 0.6) is 5.75 Å². The van der Waals surface area contributed by atoms with Gasteiger partial charge in [-0.05, 0) is 30.2 Å². The van der Waals surface area contributed by atoms with Gasteiger partial charge in [-0.2, -0.15) is 5.26 Å². The average Bonchev–Trinajstić information content (AvgIpc) is 2.73. The van der Waals surface area contributed by atoms with Crippen LogP contribution in [-0.4, -0.2) is 36.9 Å². The normalized spacial score (nSPS) is 18.4. The van der Waals surface area contributed by atoms with E-state index in [0.29, 0.717) is 28.9 Å². The summed E-state index contributed by atoms with van der Waals surface area (Å²) in [5.41, 5.74) is 2.52. The highest BCUT2D eigenvalue weighted by atomic mass is 16.5. The van der Waals surface area contributed by atoms with Crippen molar-refractivity contribution >= 4 is 17.4 Å². The lowest BCUT2D eigenvalue weighted by molar-refractivity contribution is -0.140. The molecule has 1 fully saturated rings. The molecule has 1 aliphatic heterocycles. The summed E-state index contributed by atoms with van der Waals surface area (Å²) in [6.45, 7) is 1.71. The van der Waals surface area contributed by atoms with Crippen LogP contribution in [0.15, 0.2) is 54.2 Å². The minimum absolute atomic E-state index is 0.165. The number of likely N-dealkylation sites (N-methyl/N-ethyl adjacent to an activating group) is 1. The molecule has 3 rings (SSSR count). The molecule has 0 bridgehead atoms. The fourth-order valence-electron chi connectivity index (χ4n) is 3.38. The van der Waals surface area contributed by atoms with E-state index in [1.54, 1.807) is 32.2 Å². The number of piperazine rings is 1. The van der Waals surface area contributed by atoms with Crippen molar-refractivity contribution in [1.82, 2.24) is 10.2 Å². The molecule has 0 radical (unpaired) electrons. The van der Waals surface area contributed by atoms with Gasteiger partial charge >= 0.3 is 0 Å². The molecular weight excluding hydrogens is 354 g/mol. The van der Waals surface area contributed by atoms with Gasteiger partial charge in [0.15, 0.2) is 0 Å². The Balaban J connectivity index is 1.99. The van der Waals surface area contributed by atoms with Crippen molar-refractivity contribution in [3.8, 4) is 11.8 Å². The van der Waals surface area contributed by atoms with Gasteiger partial charge in [0.05, 0.1) is 18.7 Å². The van der Waals surface area contributed by atoms with Gasteiger partial charge in [-0.1, -0.05) is 36.4 Å².